The van der Waals surface area contributed by atoms with Crippen molar-refractivity contribution >= 4 is 5.91 Å². The highest BCUT2D eigenvalue weighted by molar-refractivity contribution is 5.94. The zero-order valence-corrected chi connectivity index (χ0v) is 12.7. The van der Waals surface area contributed by atoms with Gasteiger partial charge in [0.25, 0.3) is 5.91 Å². The predicted octanol–water partition coefficient (Wildman–Crippen LogP) is 1.73. The van der Waals surface area contributed by atoms with Gasteiger partial charge in [-0.3, -0.25) is 9.78 Å². The van der Waals surface area contributed by atoms with Gasteiger partial charge in [0.15, 0.2) is 0 Å². The first kappa shape index (κ1) is 15.4. The molecule has 1 fully saturated rings. The number of carbonyl (C=O) groups excluding carboxylic acids is 1. The van der Waals surface area contributed by atoms with Crippen molar-refractivity contribution in [1.82, 2.24) is 15.3 Å². The molecule has 0 saturated heterocycles. The van der Waals surface area contributed by atoms with Gasteiger partial charge >= 0.3 is 0 Å². The van der Waals surface area contributed by atoms with E-state index >= 15 is 0 Å². The second kappa shape index (κ2) is 7.19. The average molecular weight is 313 g/mol. The molecule has 6 heteroatoms. The Morgan fingerprint density at radius 3 is 2.91 bits per heavy atom. The van der Waals surface area contributed by atoms with E-state index in [0.717, 1.165) is 0 Å². The largest absolute Gasteiger partial charge is 0.477 e. The fourth-order valence-corrected chi connectivity index (χ4v) is 2.09. The van der Waals surface area contributed by atoms with Crippen LogP contribution in [0.3, 0.4) is 0 Å². The first-order chi connectivity index (χ1) is 11.2. The minimum atomic E-state index is -0.840. The molecule has 1 amide bonds. The van der Waals surface area contributed by atoms with E-state index in [-0.39, 0.29) is 12.5 Å². The Kier molecular flexibility index (Phi) is 4.83. The lowest BCUT2D eigenvalue weighted by molar-refractivity contribution is 0.0913. The Labute approximate surface area is 134 Å². The number of hydrogen-bond donors (Lipinski definition) is 2. The molecule has 0 spiro atoms. The normalized spacial score (nSPS) is 15.0. The zero-order valence-electron chi connectivity index (χ0n) is 12.7. The monoisotopic (exact) mass is 313 g/mol. The van der Waals surface area contributed by atoms with Crippen LogP contribution in [0, 0.1) is 5.92 Å². The zero-order chi connectivity index (χ0) is 16.1. The molecule has 6 nitrogen and oxygen atoms in total. The third-order valence-electron chi connectivity index (χ3n) is 3.65. The molecule has 2 N–H and O–H groups in total. The van der Waals surface area contributed by atoms with Crippen LogP contribution in [0.2, 0.25) is 0 Å². The van der Waals surface area contributed by atoms with E-state index in [1.54, 1.807) is 42.7 Å². The number of amides is 1. The third-order valence-corrected chi connectivity index (χ3v) is 3.65. The maximum atomic E-state index is 12.2. The van der Waals surface area contributed by atoms with Gasteiger partial charge < -0.3 is 15.2 Å². The van der Waals surface area contributed by atoms with Crippen molar-refractivity contribution in [2.75, 3.05) is 13.2 Å². The number of nitrogens with zero attached hydrogens (tertiary/aromatic N) is 2. The average Bonchev–Trinajstić information content (AvgIpc) is 3.43. The van der Waals surface area contributed by atoms with Crippen molar-refractivity contribution in [2.24, 2.45) is 5.92 Å². The number of aromatic nitrogens is 2. The van der Waals surface area contributed by atoms with Crippen LogP contribution in [-0.2, 0) is 0 Å². The van der Waals surface area contributed by atoms with Gasteiger partial charge in [-0.25, -0.2) is 4.98 Å². The number of pyridine rings is 2. The Morgan fingerprint density at radius 1 is 1.30 bits per heavy atom. The molecule has 0 radical (unpaired) electrons. The minimum absolute atomic E-state index is 0.0937. The molecule has 1 atom stereocenters. The summed E-state index contributed by atoms with van der Waals surface area (Å²) in [7, 11) is 0. The highest BCUT2D eigenvalue weighted by Crippen LogP contribution is 2.29. The summed E-state index contributed by atoms with van der Waals surface area (Å²) in [4.78, 5) is 20.3. The quantitative estimate of drug-likeness (QED) is 0.813. The van der Waals surface area contributed by atoms with Crippen LogP contribution in [0.4, 0.5) is 0 Å². The maximum absolute atomic E-state index is 12.2. The van der Waals surface area contributed by atoms with Crippen molar-refractivity contribution < 1.29 is 14.6 Å². The summed E-state index contributed by atoms with van der Waals surface area (Å²) in [6, 6.07) is 8.51. The Hall–Kier alpha value is -2.47. The number of hydrogen-bond acceptors (Lipinski definition) is 5. The van der Waals surface area contributed by atoms with Crippen LogP contribution >= 0.6 is 0 Å². The summed E-state index contributed by atoms with van der Waals surface area (Å²) in [5.74, 6) is 0.802. The molecule has 0 aromatic carbocycles. The standard InChI is InChI=1S/C17H19N3O3/c21-15(14-3-1-2-7-18-14)10-20-17(22)13-6-8-19-16(9-13)23-11-12-4-5-12/h1-3,6-9,12,15,21H,4-5,10-11H2,(H,20,22)/t15-/m0/s1. The number of carbonyl (C=O) groups is 1. The molecule has 2 aromatic rings. The van der Waals surface area contributed by atoms with E-state index in [1.807, 2.05) is 0 Å². The highest BCUT2D eigenvalue weighted by Gasteiger charge is 2.22. The van der Waals surface area contributed by atoms with Gasteiger partial charge in [0.05, 0.1) is 12.3 Å². The Bertz CT molecular complexity index is 659. The molecule has 120 valence electrons. The summed E-state index contributed by atoms with van der Waals surface area (Å²) in [5, 5.41) is 12.7. The lowest BCUT2D eigenvalue weighted by Crippen LogP contribution is -2.28. The minimum Gasteiger partial charge on any atom is -0.477 e. The summed E-state index contributed by atoms with van der Waals surface area (Å²) in [5.41, 5.74) is 0.981. The smallest absolute Gasteiger partial charge is 0.251 e. The van der Waals surface area contributed by atoms with Crippen LogP contribution in [0.1, 0.15) is 35.0 Å². The van der Waals surface area contributed by atoms with Crippen LogP contribution in [0.25, 0.3) is 0 Å². The molecule has 2 heterocycles. The van der Waals surface area contributed by atoms with Crippen molar-refractivity contribution in [3.63, 3.8) is 0 Å². The summed E-state index contributed by atoms with van der Waals surface area (Å²) in [6.45, 7) is 0.743. The van der Waals surface area contributed by atoms with Crippen molar-refractivity contribution in [1.29, 1.82) is 0 Å². The number of aliphatic hydroxyl groups is 1. The van der Waals surface area contributed by atoms with Crippen LogP contribution in [0.5, 0.6) is 5.88 Å². The lowest BCUT2D eigenvalue weighted by Gasteiger charge is -2.11. The van der Waals surface area contributed by atoms with Crippen molar-refractivity contribution in [3.05, 3.63) is 54.0 Å². The van der Waals surface area contributed by atoms with Crippen LogP contribution < -0.4 is 10.1 Å². The van der Waals surface area contributed by atoms with Gasteiger partial charge in [0.1, 0.15) is 6.10 Å². The molecule has 23 heavy (non-hydrogen) atoms. The SMILES string of the molecule is O=C(NC[C@H](O)c1ccccn1)c1ccnc(OCC2CC2)c1. The first-order valence-electron chi connectivity index (χ1n) is 7.68. The van der Waals surface area contributed by atoms with E-state index in [1.165, 1.54) is 12.8 Å². The molecule has 2 aromatic heterocycles. The second-order valence-electron chi connectivity index (χ2n) is 5.62. The molecule has 1 aliphatic rings. The molecule has 0 bridgehead atoms. The summed E-state index contributed by atoms with van der Waals surface area (Å²) >= 11 is 0. The summed E-state index contributed by atoms with van der Waals surface area (Å²) in [6.07, 6.45) is 4.71. The van der Waals surface area contributed by atoms with Crippen LogP contribution in [0.15, 0.2) is 42.7 Å². The van der Waals surface area contributed by atoms with Gasteiger partial charge in [-0.1, -0.05) is 6.07 Å². The molecular formula is C17H19N3O3. The molecular weight excluding hydrogens is 294 g/mol. The lowest BCUT2D eigenvalue weighted by atomic mass is 10.2. The van der Waals surface area contributed by atoms with Crippen LogP contribution in [-0.4, -0.2) is 34.1 Å². The summed E-state index contributed by atoms with van der Waals surface area (Å²) < 4.78 is 5.57. The topological polar surface area (TPSA) is 84.3 Å². The predicted molar refractivity (Wildman–Crippen MR) is 84.0 cm³/mol. The van der Waals surface area contributed by atoms with Crippen molar-refractivity contribution in [2.45, 2.75) is 18.9 Å². The van der Waals surface area contributed by atoms with Gasteiger partial charge in [-0.15, -0.1) is 0 Å². The number of aliphatic hydroxyl groups excluding tert-OH is 1. The second-order valence-corrected chi connectivity index (χ2v) is 5.62. The maximum Gasteiger partial charge on any atom is 0.251 e. The molecule has 1 saturated carbocycles. The van der Waals surface area contributed by atoms with Gasteiger partial charge in [-0.2, -0.15) is 0 Å². The highest BCUT2D eigenvalue weighted by atomic mass is 16.5. The van der Waals surface area contributed by atoms with Gasteiger partial charge in [0, 0.05) is 30.6 Å². The van der Waals surface area contributed by atoms with E-state index in [2.05, 4.69) is 15.3 Å². The van der Waals surface area contributed by atoms with Gasteiger partial charge in [0.2, 0.25) is 5.88 Å². The first-order valence-corrected chi connectivity index (χ1v) is 7.68. The fourth-order valence-electron chi connectivity index (χ4n) is 2.09. The van der Waals surface area contributed by atoms with E-state index in [4.69, 9.17) is 4.74 Å². The van der Waals surface area contributed by atoms with E-state index in [0.29, 0.717) is 29.7 Å². The Balaban J connectivity index is 1.54. The molecule has 0 unspecified atom stereocenters. The number of rotatable bonds is 7. The molecule has 0 aliphatic heterocycles. The number of nitrogens with one attached hydrogen (secondary N) is 1. The van der Waals surface area contributed by atoms with E-state index in [9.17, 15) is 9.90 Å². The van der Waals surface area contributed by atoms with E-state index < -0.39 is 6.10 Å². The number of ether oxygens (including phenoxy) is 1. The fraction of sp³-hybridized carbons (Fsp3) is 0.353. The molecule has 1 aliphatic carbocycles. The van der Waals surface area contributed by atoms with Crippen molar-refractivity contribution in [3.8, 4) is 5.88 Å². The van der Waals surface area contributed by atoms with Gasteiger partial charge in [-0.05, 0) is 37.0 Å². The molecule has 3 rings (SSSR count). The third kappa shape index (κ3) is 4.50. The Morgan fingerprint density at radius 2 is 2.17 bits per heavy atom.